The minimum absolute atomic E-state index is 0.519. The topological polar surface area (TPSA) is 21.1 Å². The van der Waals surface area contributed by atoms with Crippen molar-refractivity contribution in [2.75, 3.05) is 7.05 Å². The van der Waals surface area contributed by atoms with Gasteiger partial charge in [0.15, 0.2) is 11.6 Å². The van der Waals surface area contributed by atoms with E-state index in [9.17, 15) is 8.78 Å². The maximum absolute atomic E-state index is 13.2. The summed E-state index contributed by atoms with van der Waals surface area (Å²) in [6.45, 7) is 1.09. The highest BCUT2D eigenvalue weighted by atomic mass is 32.1. The van der Waals surface area contributed by atoms with Crippen LogP contribution >= 0.6 is 11.3 Å². The zero-order valence-electron chi connectivity index (χ0n) is 12.0. The fraction of sp³-hybridized carbons (Fsp3) is 0.188. The molecule has 0 atom stereocenters. The minimum atomic E-state index is -0.820. The molecule has 0 saturated carbocycles. The Labute approximate surface area is 131 Å². The highest BCUT2D eigenvalue weighted by molar-refractivity contribution is 7.08. The normalized spacial score (nSPS) is 11.3. The van der Waals surface area contributed by atoms with Crippen LogP contribution in [0.5, 0.6) is 0 Å². The summed E-state index contributed by atoms with van der Waals surface area (Å²) < 4.78 is 28.0. The van der Waals surface area contributed by atoms with Crippen molar-refractivity contribution in [2.45, 2.75) is 13.2 Å². The first-order valence-corrected chi connectivity index (χ1v) is 7.74. The van der Waals surface area contributed by atoms with E-state index in [2.05, 4.69) is 10.5 Å². The van der Waals surface area contributed by atoms with Crippen molar-refractivity contribution in [1.82, 2.24) is 14.7 Å². The van der Waals surface area contributed by atoms with Crippen LogP contribution in [0.2, 0.25) is 0 Å². The number of hydrogen-bond acceptors (Lipinski definition) is 3. The molecule has 22 heavy (non-hydrogen) atoms. The van der Waals surface area contributed by atoms with E-state index in [0.29, 0.717) is 13.2 Å². The second-order valence-corrected chi connectivity index (χ2v) is 5.94. The Morgan fingerprint density at radius 1 is 1.18 bits per heavy atom. The molecule has 3 rings (SSSR count). The number of thiophene rings is 1. The molecular formula is C16H15F2N3S. The smallest absolute Gasteiger partial charge is 0.159 e. The molecule has 2 heterocycles. The van der Waals surface area contributed by atoms with Crippen LogP contribution in [-0.4, -0.2) is 21.7 Å². The highest BCUT2D eigenvalue weighted by Crippen LogP contribution is 2.19. The molecule has 114 valence electrons. The van der Waals surface area contributed by atoms with Gasteiger partial charge >= 0.3 is 0 Å². The molecule has 0 saturated heterocycles. The zero-order chi connectivity index (χ0) is 15.5. The van der Waals surface area contributed by atoms with Crippen molar-refractivity contribution in [3.63, 3.8) is 0 Å². The van der Waals surface area contributed by atoms with Crippen LogP contribution < -0.4 is 0 Å². The molecule has 0 aliphatic carbocycles. The van der Waals surface area contributed by atoms with Gasteiger partial charge in [0, 0.05) is 23.7 Å². The molecule has 0 spiro atoms. The van der Waals surface area contributed by atoms with Crippen molar-refractivity contribution in [3.8, 4) is 11.3 Å². The summed E-state index contributed by atoms with van der Waals surface area (Å²) in [6, 6.07) is 7.97. The number of nitrogens with zero attached hydrogens (tertiary/aromatic N) is 3. The largest absolute Gasteiger partial charge is 0.283 e. The van der Waals surface area contributed by atoms with Crippen LogP contribution in [0.15, 0.2) is 47.3 Å². The van der Waals surface area contributed by atoms with Crippen LogP contribution in [0.1, 0.15) is 5.56 Å². The Morgan fingerprint density at radius 2 is 2.05 bits per heavy atom. The van der Waals surface area contributed by atoms with Gasteiger partial charge in [-0.3, -0.25) is 9.58 Å². The molecule has 2 aromatic heterocycles. The monoisotopic (exact) mass is 319 g/mol. The first-order chi connectivity index (χ1) is 10.6. The van der Waals surface area contributed by atoms with E-state index in [1.54, 1.807) is 17.4 Å². The van der Waals surface area contributed by atoms with Gasteiger partial charge in [-0.2, -0.15) is 16.4 Å². The van der Waals surface area contributed by atoms with Crippen LogP contribution in [0, 0.1) is 11.6 Å². The Kier molecular flexibility index (Phi) is 4.31. The van der Waals surface area contributed by atoms with Crippen molar-refractivity contribution in [3.05, 3.63) is 64.5 Å². The van der Waals surface area contributed by atoms with E-state index in [0.717, 1.165) is 22.9 Å². The molecule has 0 fully saturated rings. The molecule has 3 nitrogen and oxygen atoms in total. The zero-order valence-corrected chi connectivity index (χ0v) is 12.9. The van der Waals surface area contributed by atoms with Gasteiger partial charge in [0.25, 0.3) is 0 Å². The number of benzene rings is 1. The summed E-state index contributed by atoms with van der Waals surface area (Å²) >= 11 is 1.64. The summed E-state index contributed by atoms with van der Waals surface area (Å²) in [5.74, 6) is -1.64. The fourth-order valence-electron chi connectivity index (χ4n) is 2.25. The third kappa shape index (κ3) is 3.40. The first kappa shape index (κ1) is 14.9. The summed E-state index contributed by atoms with van der Waals surface area (Å²) in [5, 5.41) is 8.58. The second kappa shape index (κ2) is 6.37. The lowest BCUT2D eigenvalue weighted by molar-refractivity contribution is 0.246. The van der Waals surface area contributed by atoms with E-state index in [1.807, 2.05) is 40.3 Å². The van der Waals surface area contributed by atoms with Crippen molar-refractivity contribution in [2.24, 2.45) is 0 Å². The van der Waals surface area contributed by atoms with Gasteiger partial charge in [-0.25, -0.2) is 8.78 Å². The van der Waals surface area contributed by atoms with Crippen LogP contribution in [0.3, 0.4) is 0 Å². The molecule has 0 amide bonds. The lowest BCUT2D eigenvalue weighted by Crippen LogP contribution is -2.22. The molecular weight excluding hydrogens is 304 g/mol. The standard InChI is InChI=1S/C16H15F2N3S/c1-20(9-12-2-3-14(17)15(18)8-12)11-21-6-4-16(19-21)13-5-7-22-10-13/h2-8,10H,9,11H2,1H3. The van der Waals surface area contributed by atoms with Gasteiger partial charge in [-0.15, -0.1) is 0 Å². The van der Waals surface area contributed by atoms with Crippen molar-refractivity contribution in [1.29, 1.82) is 0 Å². The van der Waals surface area contributed by atoms with Gasteiger partial charge in [0.1, 0.15) is 0 Å². The number of rotatable bonds is 5. The lowest BCUT2D eigenvalue weighted by atomic mass is 10.2. The molecule has 3 aromatic rings. The molecule has 1 aromatic carbocycles. The Morgan fingerprint density at radius 3 is 2.77 bits per heavy atom. The Balaban J connectivity index is 1.64. The molecule has 0 N–H and O–H groups in total. The third-order valence-electron chi connectivity index (χ3n) is 3.28. The second-order valence-electron chi connectivity index (χ2n) is 5.16. The van der Waals surface area contributed by atoms with Gasteiger partial charge < -0.3 is 0 Å². The van der Waals surface area contributed by atoms with Gasteiger partial charge in [-0.05, 0) is 42.3 Å². The summed E-state index contributed by atoms with van der Waals surface area (Å²) in [7, 11) is 1.91. The average molecular weight is 319 g/mol. The first-order valence-electron chi connectivity index (χ1n) is 6.80. The molecule has 6 heteroatoms. The van der Waals surface area contributed by atoms with Crippen molar-refractivity contribution < 1.29 is 8.78 Å². The fourth-order valence-corrected chi connectivity index (χ4v) is 2.90. The van der Waals surface area contributed by atoms with Crippen LogP contribution in [0.25, 0.3) is 11.3 Å². The minimum Gasteiger partial charge on any atom is -0.283 e. The lowest BCUT2D eigenvalue weighted by Gasteiger charge is -2.16. The van der Waals surface area contributed by atoms with Crippen LogP contribution in [-0.2, 0) is 13.2 Å². The average Bonchev–Trinajstić information content (AvgIpc) is 3.13. The third-order valence-corrected chi connectivity index (χ3v) is 3.96. The Hall–Kier alpha value is -2.05. The van der Waals surface area contributed by atoms with Crippen molar-refractivity contribution >= 4 is 11.3 Å². The summed E-state index contributed by atoms with van der Waals surface area (Å²) in [4.78, 5) is 1.98. The van der Waals surface area contributed by atoms with E-state index < -0.39 is 11.6 Å². The van der Waals surface area contributed by atoms with Gasteiger partial charge in [-0.1, -0.05) is 6.07 Å². The van der Waals surface area contributed by atoms with Gasteiger partial charge in [0.2, 0.25) is 0 Å². The molecule has 0 unspecified atom stereocenters. The molecule has 0 aliphatic rings. The maximum atomic E-state index is 13.2. The van der Waals surface area contributed by atoms with E-state index in [-0.39, 0.29) is 0 Å². The molecule has 0 aliphatic heterocycles. The predicted molar refractivity (Wildman–Crippen MR) is 83.4 cm³/mol. The molecule has 0 bridgehead atoms. The Bertz CT molecular complexity index is 753. The maximum Gasteiger partial charge on any atom is 0.159 e. The SMILES string of the molecule is CN(Cc1ccc(F)c(F)c1)Cn1ccc(-c2ccsc2)n1. The summed E-state index contributed by atoms with van der Waals surface area (Å²) in [6.07, 6.45) is 1.91. The van der Waals surface area contributed by atoms with E-state index in [1.165, 1.54) is 6.07 Å². The van der Waals surface area contributed by atoms with Crippen LogP contribution in [0.4, 0.5) is 8.78 Å². The number of aromatic nitrogens is 2. The van der Waals surface area contributed by atoms with E-state index >= 15 is 0 Å². The predicted octanol–water partition coefficient (Wildman–Crippen LogP) is 3.98. The highest BCUT2D eigenvalue weighted by Gasteiger charge is 2.07. The number of hydrogen-bond donors (Lipinski definition) is 0. The van der Waals surface area contributed by atoms with Gasteiger partial charge in [0.05, 0.1) is 12.4 Å². The molecule has 0 radical (unpaired) electrons. The van der Waals surface area contributed by atoms with E-state index in [4.69, 9.17) is 0 Å². The quantitative estimate of drug-likeness (QED) is 0.709. The summed E-state index contributed by atoms with van der Waals surface area (Å²) in [5.41, 5.74) is 2.76. The number of halogens is 2.